The lowest BCUT2D eigenvalue weighted by Gasteiger charge is -2.36. The Bertz CT molecular complexity index is 234. The molecule has 1 rings (SSSR count). The van der Waals surface area contributed by atoms with Crippen molar-refractivity contribution in [1.82, 2.24) is 5.32 Å². The minimum absolute atomic E-state index is 0.0311. The number of carbonyl (C=O) groups excluding carboxylic acids is 1. The first-order chi connectivity index (χ1) is 6.94. The van der Waals surface area contributed by atoms with Crippen LogP contribution in [0.1, 0.15) is 19.8 Å². The molecule has 0 aromatic heterocycles. The summed E-state index contributed by atoms with van der Waals surface area (Å²) < 4.78 is 43.0. The average Bonchev–Trinajstić information content (AvgIpc) is 2.17. The highest BCUT2D eigenvalue weighted by Crippen LogP contribution is 2.44. The molecular formula is C9H14F3NO2. The van der Waals surface area contributed by atoms with E-state index in [1.165, 1.54) is 6.92 Å². The maximum Gasteiger partial charge on any atom is 0.406 e. The minimum Gasteiger partial charge on any atom is -0.465 e. The number of esters is 1. The van der Waals surface area contributed by atoms with Gasteiger partial charge in [0.25, 0.3) is 0 Å². The third-order valence-electron chi connectivity index (χ3n) is 2.59. The predicted molar refractivity (Wildman–Crippen MR) is 47.2 cm³/mol. The topological polar surface area (TPSA) is 38.3 Å². The Balaban J connectivity index is 2.90. The molecule has 1 unspecified atom stereocenters. The van der Waals surface area contributed by atoms with E-state index in [4.69, 9.17) is 0 Å². The van der Waals surface area contributed by atoms with E-state index in [2.05, 4.69) is 10.1 Å². The second-order valence-corrected chi connectivity index (χ2v) is 3.58. The number of hydrogen-bond donors (Lipinski definition) is 1. The van der Waals surface area contributed by atoms with Gasteiger partial charge in [-0.3, -0.25) is 4.79 Å². The van der Waals surface area contributed by atoms with Gasteiger partial charge in [-0.05, 0) is 26.3 Å². The van der Waals surface area contributed by atoms with Crippen LogP contribution in [0.4, 0.5) is 13.2 Å². The quantitative estimate of drug-likeness (QED) is 0.723. The number of hydrogen-bond acceptors (Lipinski definition) is 3. The summed E-state index contributed by atoms with van der Waals surface area (Å²) in [7, 11) is 0. The van der Waals surface area contributed by atoms with Gasteiger partial charge in [0.15, 0.2) is 5.41 Å². The molecule has 1 N–H and O–H groups in total. The van der Waals surface area contributed by atoms with E-state index in [9.17, 15) is 18.0 Å². The molecule has 0 saturated carbocycles. The van der Waals surface area contributed by atoms with Crippen molar-refractivity contribution in [3.63, 3.8) is 0 Å². The van der Waals surface area contributed by atoms with Crippen LogP contribution in [0, 0.1) is 5.41 Å². The molecule has 1 aliphatic rings. The van der Waals surface area contributed by atoms with Crippen LogP contribution in [-0.2, 0) is 9.53 Å². The summed E-state index contributed by atoms with van der Waals surface area (Å²) in [6.07, 6.45) is -4.41. The lowest BCUT2D eigenvalue weighted by atomic mass is 9.80. The molecule has 6 heteroatoms. The first kappa shape index (κ1) is 12.3. The van der Waals surface area contributed by atoms with Crippen LogP contribution in [0.2, 0.25) is 0 Å². The van der Waals surface area contributed by atoms with Crippen LogP contribution in [0.5, 0.6) is 0 Å². The fraction of sp³-hybridized carbons (Fsp3) is 0.889. The summed E-state index contributed by atoms with van der Waals surface area (Å²) in [6.45, 7) is 1.60. The van der Waals surface area contributed by atoms with Crippen LogP contribution in [0.15, 0.2) is 0 Å². The molecule has 0 amide bonds. The summed E-state index contributed by atoms with van der Waals surface area (Å²) in [5.41, 5.74) is -2.35. The molecule has 0 spiro atoms. The second-order valence-electron chi connectivity index (χ2n) is 3.58. The maximum atomic E-state index is 12.8. The van der Waals surface area contributed by atoms with E-state index in [1.807, 2.05) is 0 Å². The zero-order valence-corrected chi connectivity index (χ0v) is 8.49. The fourth-order valence-corrected chi connectivity index (χ4v) is 1.71. The van der Waals surface area contributed by atoms with E-state index in [0.29, 0.717) is 13.0 Å². The van der Waals surface area contributed by atoms with E-state index >= 15 is 0 Å². The Labute approximate surface area is 86.0 Å². The van der Waals surface area contributed by atoms with Gasteiger partial charge in [0, 0.05) is 6.54 Å². The van der Waals surface area contributed by atoms with Crippen molar-refractivity contribution in [3.05, 3.63) is 0 Å². The number of halogens is 3. The molecule has 0 radical (unpaired) electrons. The summed E-state index contributed by atoms with van der Waals surface area (Å²) in [5.74, 6) is -1.16. The Morgan fingerprint density at radius 2 is 2.20 bits per heavy atom. The Hall–Kier alpha value is -0.780. The first-order valence-corrected chi connectivity index (χ1v) is 4.89. The standard InChI is InChI=1S/C9H14F3NO2/c1-2-15-7(14)8(9(10,11)12)4-3-5-13-6-8/h13H,2-6H2,1H3. The molecule has 0 aliphatic carbocycles. The summed E-state index contributed by atoms with van der Waals surface area (Å²) >= 11 is 0. The zero-order valence-electron chi connectivity index (χ0n) is 8.49. The Kier molecular flexibility index (Phi) is 3.59. The van der Waals surface area contributed by atoms with Crippen LogP contribution in [0.25, 0.3) is 0 Å². The van der Waals surface area contributed by atoms with Crippen LogP contribution in [-0.4, -0.2) is 31.8 Å². The largest absolute Gasteiger partial charge is 0.465 e. The van der Waals surface area contributed by atoms with Crippen molar-refractivity contribution in [3.8, 4) is 0 Å². The first-order valence-electron chi connectivity index (χ1n) is 4.89. The minimum atomic E-state index is -4.55. The lowest BCUT2D eigenvalue weighted by Crippen LogP contribution is -2.55. The number of ether oxygens (including phenoxy) is 1. The molecule has 0 aromatic carbocycles. The van der Waals surface area contributed by atoms with Gasteiger partial charge in [0.05, 0.1) is 6.61 Å². The van der Waals surface area contributed by atoms with Crippen molar-refractivity contribution in [2.24, 2.45) is 5.41 Å². The molecule has 1 fully saturated rings. The van der Waals surface area contributed by atoms with E-state index < -0.39 is 17.6 Å². The van der Waals surface area contributed by atoms with Gasteiger partial charge in [-0.15, -0.1) is 0 Å². The molecule has 15 heavy (non-hydrogen) atoms. The Morgan fingerprint density at radius 1 is 1.53 bits per heavy atom. The van der Waals surface area contributed by atoms with Crippen molar-refractivity contribution in [2.45, 2.75) is 25.9 Å². The molecular weight excluding hydrogens is 211 g/mol. The molecule has 1 heterocycles. The van der Waals surface area contributed by atoms with Crippen molar-refractivity contribution in [2.75, 3.05) is 19.7 Å². The number of carbonyl (C=O) groups is 1. The summed E-state index contributed by atoms with van der Waals surface area (Å²) in [4.78, 5) is 11.4. The van der Waals surface area contributed by atoms with E-state index in [0.717, 1.165) is 0 Å². The van der Waals surface area contributed by atoms with Gasteiger partial charge in [0.2, 0.25) is 0 Å². The molecule has 3 nitrogen and oxygen atoms in total. The van der Waals surface area contributed by atoms with Gasteiger partial charge in [-0.2, -0.15) is 13.2 Å². The molecule has 0 aromatic rings. The summed E-state index contributed by atoms with van der Waals surface area (Å²) in [5, 5.41) is 2.60. The molecule has 1 aliphatic heterocycles. The second kappa shape index (κ2) is 4.38. The third kappa shape index (κ3) is 2.25. The van der Waals surface area contributed by atoms with Gasteiger partial charge < -0.3 is 10.1 Å². The third-order valence-corrected chi connectivity index (χ3v) is 2.59. The number of rotatable bonds is 2. The zero-order chi connectivity index (χ0) is 11.5. The lowest BCUT2D eigenvalue weighted by molar-refractivity contribution is -0.238. The smallest absolute Gasteiger partial charge is 0.406 e. The highest BCUT2D eigenvalue weighted by molar-refractivity contribution is 5.78. The molecule has 0 bridgehead atoms. The van der Waals surface area contributed by atoms with Crippen LogP contribution in [0.3, 0.4) is 0 Å². The molecule has 88 valence electrons. The van der Waals surface area contributed by atoms with E-state index in [-0.39, 0.29) is 19.6 Å². The maximum absolute atomic E-state index is 12.8. The highest BCUT2D eigenvalue weighted by atomic mass is 19.4. The number of nitrogens with one attached hydrogen (secondary N) is 1. The van der Waals surface area contributed by atoms with E-state index in [1.54, 1.807) is 0 Å². The van der Waals surface area contributed by atoms with Crippen molar-refractivity contribution < 1.29 is 22.7 Å². The Morgan fingerprint density at radius 3 is 2.60 bits per heavy atom. The van der Waals surface area contributed by atoms with Crippen LogP contribution < -0.4 is 5.32 Å². The fourth-order valence-electron chi connectivity index (χ4n) is 1.71. The van der Waals surface area contributed by atoms with Gasteiger partial charge in [-0.25, -0.2) is 0 Å². The highest BCUT2D eigenvalue weighted by Gasteiger charge is 2.61. The number of piperidine rings is 1. The van der Waals surface area contributed by atoms with Crippen molar-refractivity contribution in [1.29, 1.82) is 0 Å². The summed E-state index contributed by atoms with van der Waals surface area (Å²) in [6, 6.07) is 0. The van der Waals surface area contributed by atoms with Gasteiger partial charge in [0.1, 0.15) is 0 Å². The average molecular weight is 225 g/mol. The van der Waals surface area contributed by atoms with Crippen molar-refractivity contribution >= 4 is 5.97 Å². The predicted octanol–water partition coefficient (Wildman–Crippen LogP) is 1.48. The monoisotopic (exact) mass is 225 g/mol. The molecule has 1 atom stereocenters. The number of alkyl halides is 3. The van der Waals surface area contributed by atoms with Crippen LogP contribution >= 0.6 is 0 Å². The van der Waals surface area contributed by atoms with Gasteiger partial charge >= 0.3 is 12.1 Å². The van der Waals surface area contributed by atoms with Gasteiger partial charge in [-0.1, -0.05) is 0 Å². The SMILES string of the molecule is CCOC(=O)C1(C(F)(F)F)CCCNC1. The normalized spacial score (nSPS) is 27.5. The molecule has 1 saturated heterocycles.